The van der Waals surface area contributed by atoms with Crippen molar-refractivity contribution in [3.8, 4) is 0 Å². The van der Waals surface area contributed by atoms with Gasteiger partial charge in [0.1, 0.15) is 18.9 Å². The highest BCUT2D eigenvalue weighted by Gasteiger charge is 2.51. The van der Waals surface area contributed by atoms with E-state index in [0.717, 1.165) is 12.4 Å². The first-order valence-corrected chi connectivity index (χ1v) is 8.60. The highest BCUT2D eigenvalue weighted by atomic mass is 32.2. The third kappa shape index (κ3) is 4.35. The van der Waals surface area contributed by atoms with Crippen molar-refractivity contribution in [2.24, 2.45) is 0 Å². The molecule has 23 heavy (non-hydrogen) atoms. The van der Waals surface area contributed by atoms with Crippen LogP contribution in [0.2, 0.25) is 0 Å². The van der Waals surface area contributed by atoms with Gasteiger partial charge in [-0.25, -0.2) is 26.0 Å². The molecule has 134 valence electrons. The van der Waals surface area contributed by atoms with Gasteiger partial charge in [-0.3, -0.25) is 0 Å². The Morgan fingerprint density at radius 3 is 2.00 bits per heavy atom. The van der Waals surface area contributed by atoms with Crippen LogP contribution in [0.1, 0.15) is 0 Å². The Morgan fingerprint density at radius 1 is 1.04 bits per heavy atom. The van der Waals surface area contributed by atoms with E-state index in [1.54, 1.807) is 0 Å². The number of aliphatic hydroxyl groups is 1. The molecule has 15 heteroatoms. The summed E-state index contributed by atoms with van der Waals surface area (Å²) in [4.78, 5) is 0. The predicted octanol–water partition coefficient (Wildman–Crippen LogP) is -0.0793. The van der Waals surface area contributed by atoms with Gasteiger partial charge in [0.2, 0.25) is 11.8 Å². The average Bonchev–Trinajstić information content (AvgIpc) is 2.72. The van der Waals surface area contributed by atoms with E-state index in [1.807, 2.05) is 0 Å². The number of imidazole rings is 1. The topological polar surface area (TPSA) is 97.3 Å². The van der Waals surface area contributed by atoms with Crippen LogP contribution in [0, 0.1) is 0 Å². The standard InChI is InChI=1S/C8H9F6N2O5S2/c9-7(10,11)22(18,19)5-16-2-1-15(4-16)3-6(17)23(20,21)8(12,13)14/h1-2,4,6,17H,3,5H2/q+1. The molecule has 1 rings (SSSR count). The maximum Gasteiger partial charge on any atom is 0.501 e. The molecule has 0 saturated carbocycles. The number of aliphatic hydroxyl groups excluding tert-OH is 1. The maximum atomic E-state index is 12.2. The number of hydrogen-bond donors (Lipinski definition) is 1. The van der Waals surface area contributed by atoms with E-state index < -0.39 is 48.5 Å². The van der Waals surface area contributed by atoms with E-state index in [4.69, 9.17) is 5.11 Å². The number of rotatable bonds is 5. The Labute approximate surface area is 125 Å². The fourth-order valence-electron chi connectivity index (χ4n) is 1.33. The Hall–Kier alpha value is -1.35. The molecule has 0 saturated heterocycles. The minimum atomic E-state index is -5.90. The zero-order chi connectivity index (χ0) is 18.3. The van der Waals surface area contributed by atoms with Crippen LogP contribution in [0.5, 0.6) is 0 Å². The fraction of sp³-hybridized carbons (Fsp3) is 0.625. The van der Waals surface area contributed by atoms with E-state index in [2.05, 4.69) is 0 Å². The summed E-state index contributed by atoms with van der Waals surface area (Å²) >= 11 is 0. The molecule has 0 amide bonds. The molecular weight excluding hydrogens is 382 g/mol. The average molecular weight is 391 g/mol. The van der Waals surface area contributed by atoms with Crippen LogP contribution < -0.4 is 4.57 Å². The molecule has 0 bridgehead atoms. The van der Waals surface area contributed by atoms with Crippen molar-refractivity contribution in [2.75, 3.05) is 0 Å². The second kappa shape index (κ2) is 5.94. The quantitative estimate of drug-likeness (QED) is 0.560. The van der Waals surface area contributed by atoms with Gasteiger partial charge in [0.05, 0.1) is 0 Å². The summed E-state index contributed by atoms with van der Waals surface area (Å²) in [5.41, 5.74) is -14.1. The lowest BCUT2D eigenvalue weighted by Crippen LogP contribution is -2.45. The van der Waals surface area contributed by atoms with Gasteiger partial charge >= 0.3 is 11.0 Å². The van der Waals surface area contributed by atoms with Crippen molar-refractivity contribution in [3.05, 3.63) is 18.7 Å². The summed E-state index contributed by atoms with van der Waals surface area (Å²) in [6, 6.07) is 0. The number of sulfone groups is 2. The molecule has 0 spiro atoms. The smallest absolute Gasteiger partial charge is 0.374 e. The lowest BCUT2D eigenvalue weighted by molar-refractivity contribution is -0.699. The molecule has 1 aromatic rings. The minimum absolute atomic E-state index is 0.454. The Morgan fingerprint density at radius 2 is 1.57 bits per heavy atom. The summed E-state index contributed by atoms with van der Waals surface area (Å²) < 4.78 is 118. The molecule has 1 heterocycles. The van der Waals surface area contributed by atoms with Crippen LogP contribution in [-0.2, 0) is 32.1 Å². The summed E-state index contributed by atoms with van der Waals surface area (Å²) in [5.74, 6) is -1.55. The van der Waals surface area contributed by atoms with Gasteiger partial charge in [-0.2, -0.15) is 26.3 Å². The van der Waals surface area contributed by atoms with Crippen LogP contribution in [0.3, 0.4) is 0 Å². The monoisotopic (exact) mass is 391 g/mol. The second-order valence-corrected chi connectivity index (χ2v) is 8.31. The van der Waals surface area contributed by atoms with Crippen molar-refractivity contribution in [1.29, 1.82) is 0 Å². The molecule has 7 nitrogen and oxygen atoms in total. The first-order chi connectivity index (χ1) is 10.1. The third-order valence-corrected chi connectivity index (χ3v) is 5.32. The normalized spacial score (nSPS) is 15.6. The molecule has 1 N–H and O–H groups in total. The fourth-order valence-corrected chi connectivity index (χ4v) is 2.69. The summed E-state index contributed by atoms with van der Waals surface area (Å²) in [7, 11) is -11.4. The van der Waals surface area contributed by atoms with E-state index >= 15 is 0 Å². The van der Waals surface area contributed by atoms with E-state index in [0.29, 0.717) is 15.5 Å². The number of hydrogen-bond acceptors (Lipinski definition) is 5. The Balaban J connectivity index is 2.91. The Bertz CT molecular complexity index is 764. The largest absolute Gasteiger partial charge is 0.501 e. The van der Waals surface area contributed by atoms with Crippen LogP contribution in [0.15, 0.2) is 18.7 Å². The van der Waals surface area contributed by atoms with Gasteiger partial charge in [0.25, 0.3) is 19.7 Å². The van der Waals surface area contributed by atoms with Crippen LogP contribution in [-0.4, -0.2) is 43.0 Å². The van der Waals surface area contributed by atoms with Crippen LogP contribution in [0.4, 0.5) is 26.3 Å². The van der Waals surface area contributed by atoms with Gasteiger partial charge in [-0.05, 0) is 0 Å². The van der Waals surface area contributed by atoms with Gasteiger partial charge in [0.15, 0.2) is 5.88 Å². The highest BCUT2D eigenvalue weighted by Crippen LogP contribution is 2.26. The van der Waals surface area contributed by atoms with Gasteiger partial charge in [0, 0.05) is 0 Å². The summed E-state index contributed by atoms with van der Waals surface area (Å²) in [5, 5.41) is 9.10. The molecule has 0 aliphatic rings. The minimum Gasteiger partial charge on any atom is -0.374 e. The van der Waals surface area contributed by atoms with Crippen molar-refractivity contribution < 1.29 is 52.9 Å². The van der Waals surface area contributed by atoms with Crippen molar-refractivity contribution in [2.45, 2.75) is 28.9 Å². The summed E-state index contributed by atoms with van der Waals surface area (Å²) in [6.07, 6.45) is 2.18. The first kappa shape index (κ1) is 19.7. The zero-order valence-corrected chi connectivity index (χ0v) is 12.4. The van der Waals surface area contributed by atoms with Gasteiger partial charge < -0.3 is 5.11 Å². The number of halogens is 6. The molecule has 0 aliphatic carbocycles. The zero-order valence-electron chi connectivity index (χ0n) is 10.8. The molecule has 0 fully saturated rings. The number of aromatic nitrogens is 2. The van der Waals surface area contributed by atoms with E-state index in [9.17, 15) is 43.2 Å². The van der Waals surface area contributed by atoms with Crippen LogP contribution >= 0.6 is 0 Å². The summed E-state index contributed by atoms with van der Waals surface area (Å²) in [6.45, 7) is -1.15. The predicted molar refractivity (Wildman–Crippen MR) is 60.6 cm³/mol. The van der Waals surface area contributed by atoms with Crippen LogP contribution in [0.25, 0.3) is 0 Å². The SMILES string of the molecule is O=S(=O)(Cn1cc[n+](CC(O)S(=O)(=O)C(F)(F)F)c1)C(F)(F)F. The lowest BCUT2D eigenvalue weighted by Gasteiger charge is -2.12. The molecular formula is C8H9F6N2O5S2+. The molecule has 1 atom stereocenters. The second-order valence-electron chi connectivity index (χ2n) is 4.26. The van der Waals surface area contributed by atoms with Gasteiger partial charge in [-0.15, -0.1) is 0 Å². The van der Waals surface area contributed by atoms with Gasteiger partial charge in [-0.1, -0.05) is 0 Å². The molecule has 0 aliphatic heterocycles. The van der Waals surface area contributed by atoms with Crippen molar-refractivity contribution in [3.63, 3.8) is 0 Å². The molecule has 0 radical (unpaired) electrons. The van der Waals surface area contributed by atoms with E-state index in [1.165, 1.54) is 0 Å². The van der Waals surface area contributed by atoms with Crippen molar-refractivity contribution >= 4 is 19.7 Å². The lowest BCUT2D eigenvalue weighted by atomic mass is 10.6. The highest BCUT2D eigenvalue weighted by molar-refractivity contribution is 7.92. The molecule has 0 aromatic carbocycles. The van der Waals surface area contributed by atoms with E-state index in [-0.39, 0.29) is 0 Å². The Kier molecular flexibility index (Phi) is 5.08. The number of nitrogens with zero attached hydrogens (tertiary/aromatic N) is 2. The first-order valence-electron chi connectivity index (χ1n) is 5.40. The number of alkyl halides is 6. The van der Waals surface area contributed by atoms with Crippen molar-refractivity contribution in [1.82, 2.24) is 4.57 Å². The maximum absolute atomic E-state index is 12.2. The molecule has 1 aromatic heterocycles. The molecule has 1 unspecified atom stereocenters. The third-order valence-electron chi connectivity index (χ3n) is 2.47.